The highest BCUT2D eigenvalue weighted by atomic mass is 32.2. The van der Waals surface area contributed by atoms with E-state index in [1.165, 1.54) is 24.3 Å². The van der Waals surface area contributed by atoms with Crippen LogP contribution in [0.2, 0.25) is 0 Å². The quantitative estimate of drug-likeness (QED) is 0.830. The van der Waals surface area contributed by atoms with Crippen molar-refractivity contribution in [3.05, 3.63) is 65.2 Å². The number of benzene rings is 2. The minimum atomic E-state index is -4.37. The Hall–Kier alpha value is -1.86. The van der Waals surface area contributed by atoms with Crippen molar-refractivity contribution in [3.8, 4) is 0 Å². The number of halogens is 3. The van der Waals surface area contributed by atoms with Gasteiger partial charge in [0, 0.05) is 0 Å². The third-order valence-corrected chi connectivity index (χ3v) is 4.32. The maximum absolute atomic E-state index is 12.9. The van der Waals surface area contributed by atoms with Gasteiger partial charge in [0.25, 0.3) is 10.1 Å². The molecule has 0 unspecified atom stereocenters. The molecule has 0 radical (unpaired) electrons. The molecule has 0 heterocycles. The molecular formula is C16H15F3O3S. The van der Waals surface area contributed by atoms with E-state index in [-0.39, 0.29) is 16.9 Å². The molecule has 0 aliphatic rings. The fourth-order valence-corrected chi connectivity index (χ4v) is 2.81. The lowest BCUT2D eigenvalue weighted by Crippen LogP contribution is -2.09. The Kier molecular flexibility index (Phi) is 5.11. The van der Waals surface area contributed by atoms with Crippen LogP contribution in [0.1, 0.15) is 23.1 Å². The molecule has 0 fully saturated rings. The van der Waals surface area contributed by atoms with Crippen LogP contribution in [0.5, 0.6) is 0 Å². The fourth-order valence-electron chi connectivity index (χ4n) is 2.33. The zero-order valence-electron chi connectivity index (χ0n) is 12.0. The standard InChI is InChI=1S/C16H15F3O3S/c17-16(18,19)15-7-2-1-5-13(15)6-3-4-12-8-10-14(11-9-12)23(20,21)22/h1-2,5,7-11H,3-4,6H2,(H,20,21,22). The van der Waals surface area contributed by atoms with Crippen LogP contribution in [0.3, 0.4) is 0 Å². The average molecular weight is 344 g/mol. The highest BCUT2D eigenvalue weighted by Crippen LogP contribution is 2.32. The van der Waals surface area contributed by atoms with Gasteiger partial charge in [-0.3, -0.25) is 4.55 Å². The predicted molar refractivity (Wildman–Crippen MR) is 79.7 cm³/mol. The van der Waals surface area contributed by atoms with Crippen LogP contribution < -0.4 is 0 Å². The smallest absolute Gasteiger partial charge is 0.282 e. The van der Waals surface area contributed by atoms with Crippen LogP contribution in [0.25, 0.3) is 0 Å². The second-order valence-electron chi connectivity index (χ2n) is 5.13. The molecule has 2 aromatic carbocycles. The van der Waals surface area contributed by atoms with Crippen LogP contribution in [-0.4, -0.2) is 13.0 Å². The first-order valence-corrected chi connectivity index (χ1v) is 8.33. The third kappa shape index (κ3) is 4.80. The maximum atomic E-state index is 12.9. The van der Waals surface area contributed by atoms with Gasteiger partial charge in [-0.25, -0.2) is 0 Å². The predicted octanol–water partition coefficient (Wildman–Crippen LogP) is 4.13. The summed E-state index contributed by atoms with van der Waals surface area (Å²) in [4.78, 5) is -0.205. The van der Waals surface area contributed by atoms with E-state index in [1.807, 2.05) is 0 Å². The molecule has 2 aromatic rings. The first kappa shape index (κ1) is 17.5. The molecular weight excluding hydrogens is 329 g/mol. The average Bonchev–Trinajstić information content (AvgIpc) is 2.46. The lowest BCUT2D eigenvalue weighted by atomic mass is 9.99. The van der Waals surface area contributed by atoms with Crippen molar-refractivity contribution in [2.45, 2.75) is 30.3 Å². The highest BCUT2D eigenvalue weighted by molar-refractivity contribution is 7.85. The first-order chi connectivity index (χ1) is 10.7. The monoisotopic (exact) mass is 344 g/mol. The summed E-state index contributed by atoms with van der Waals surface area (Å²) in [5.41, 5.74) is 0.415. The lowest BCUT2D eigenvalue weighted by Gasteiger charge is -2.12. The first-order valence-electron chi connectivity index (χ1n) is 6.89. The van der Waals surface area contributed by atoms with Crippen molar-refractivity contribution in [2.24, 2.45) is 0 Å². The summed E-state index contributed by atoms with van der Waals surface area (Å²) in [7, 11) is -4.23. The molecule has 0 saturated carbocycles. The molecule has 0 aromatic heterocycles. The van der Waals surface area contributed by atoms with E-state index in [2.05, 4.69) is 0 Å². The van der Waals surface area contributed by atoms with Gasteiger partial charge < -0.3 is 0 Å². The summed E-state index contributed by atoms with van der Waals surface area (Å²) in [5, 5.41) is 0. The second kappa shape index (κ2) is 6.72. The van der Waals surface area contributed by atoms with Crippen molar-refractivity contribution >= 4 is 10.1 Å². The van der Waals surface area contributed by atoms with Crippen LogP contribution in [0.15, 0.2) is 53.4 Å². The zero-order chi connectivity index (χ0) is 17.1. The number of hydrogen-bond donors (Lipinski definition) is 1. The van der Waals surface area contributed by atoms with Crippen molar-refractivity contribution in [1.82, 2.24) is 0 Å². The molecule has 0 aliphatic carbocycles. The summed E-state index contributed by atoms with van der Waals surface area (Å²) in [6.45, 7) is 0. The van der Waals surface area contributed by atoms with E-state index in [0.29, 0.717) is 12.8 Å². The summed E-state index contributed by atoms with van der Waals surface area (Å²) >= 11 is 0. The van der Waals surface area contributed by atoms with E-state index >= 15 is 0 Å². The van der Waals surface area contributed by atoms with Crippen molar-refractivity contribution in [3.63, 3.8) is 0 Å². The van der Waals surface area contributed by atoms with Gasteiger partial charge in [-0.1, -0.05) is 30.3 Å². The Morgan fingerprint density at radius 3 is 2.09 bits per heavy atom. The Bertz CT molecular complexity index is 766. The fraction of sp³-hybridized carbons (Fsp3) is 0.250. The van der Waals surface area contributed by atoms with Crippen molar-refractivity contribution in [1.29, 1.82) is 0 Å². The van der Waals surface area contributed by atoms with Gasteiger partial charge in [0.05, 0.1) is 10.5 Å². The molecule has 124 valence electrons. The summed E-state index contributed by atoms with van der Waals surface area (Å²) < 4.78 is 69.3. The van der Waals surface area contributed by atoms with Crippen LogP contribution in [-0.2, 0) is 29.1 Å². The molecule has 3 nitrogen and oxygen atoms in total. The molecule has 0 saturated heterocycles. The topological polar surface area (TPSA) is 54.4 Å². The Morgan fingerprint density at radius 1 is 0.913 bits per heavy atom. The van der Waals surface area contributed by atoms with Gasteiger partial charge in [0.1, 0.15) is 0 Å². The van der Waals surface area contributed by atoms with Crippen molar-refractivity contribution in [2.75, 3.05) is 0 Å². The number of alkyl halides is 3. The molecule has 0 amide bonds. The Labute approximate surface area is 132 Å². The van der Waals surface area contributed by atoms with Crippen LogP contribution in [0, 0.1) is 0 Å². The highest BCUT2D eigenvalue weighted by Gasteiger charge is 2.32. The van der Waals surface area contributed by atoms with Gasteiger partial charge in [-0.2, -0.15) is 21.6 Å². The molecule has 23 heavy (non-hydrogen) atoms. The molecule has 1 N–H and O–H groups in total. The van der Waals surface area contributed by atoms with E-state index in [1.54, 1.807) is 18.2 Å². The van der Waals surface area contributed by atoms with E-state index < -0.39 is 21.9 Å². The molecule has 0 bridgehead atoms. The number of rotatable bonds is 5. The van der Waals surface area contributed by atoms with Crippen LogP contribution in [0.4, 0.5) is 13.2 Å². The van der Waals surface area contributed by atoms with Gasteiger partial charge in [-0.05, 0) is 48.6 Å². The summed E-state index contributed by atoms with van der Waals surface area (Å²) in [5.74, 6) is 0. The zero-order valence-corrected chi connectivity index (χ0v) is 12.9. The number of aryl methyl sites for hydroxylation is 2. The molecule has 2 rings (SSSR count). The minimum absolute atomic E-state index is 0.205. The van der Waals surface area contributed by atoms with E-state index in [9.17, 15) is 21.6 Å². The van der Waals surface area contributed by atoms with Gasteiger partial charge in [0.2, 0.25) is 0 Å². The van der Waals surface area contributed by atoms with Gasteiger partial charge in [-0.15, -0.1) is 0 Å². The molecule has 0 spiro atoms. The maximum Gasteiger partial charge on any atom is 0.416 e. The summed E-state index contributed by atoms with van der Waals surface area (Å²) in [6.07, 6.45) is -3.08. The van der Waals surface area contributed by atoms with Gasteiger partial charge >= 0.3 is 6.18 Å². The SMILES string of the molecule is O=S(=O)(O)c1ccc(CCCc2ccccc2C(F)(F)F)cc1. The van der Waals surface area contributed by atoms with E-state index in [4.69, 9.17) is 4.55 Å². The summed E-state index contributed by atoms with van der Waals surface area (Å²) in [6, 6.07) is 11.1. The normalized spacial score (nSPS) is 12.3. The lowest BCUT2D eigenvalue weighted by molar-refractivity contribution is -0.138. The van der Waals surface area contributed by atoms with E-state index in [0.717, 1.165) is 11.6 Å². The molecule has 0 atom stereocenters. The second-order valence-corrected chi connectivity index (χ2v) is 6.55. The third-order valence-electron chi connectivity index (χ3n) is 3.46. The minimum Gasteiger partial charge on any atom is -0.282 e. The van der Waals surface area contributed by atoms with Crippen molar-refractivity contribution < 1.29 is 26.1 Å². The molecule has 7 heteroatoms. The Morgan fingerprint density at radius 2 is 1.52 bits per heavy atom. The van der Waals surface area contributed by atoms with Crippen LogP contribution >= 0.6 is 0 Å². The van der Waals surface area contributed by atoms with Gasteiger partial charge in [0.15, 0.2) is 0 Å². The Balaban J connectivity index is 2.01. The largest absolute Gasteiger partial charge is 0.416 e. The number of hydrogen-bond acceptors (Lipinski definition) is 2. The molecule has 0 aliphatic heterocycles.